The third kappa shape index (κ3) is 1.53. The van der Waals surface area contributed by atoms with Crippen LogP contribution in [0.1, 0.15) is 16.9 Å². The van der Waals surface area contributed by atoms with Crippen molar-refractivity contribution in [2.75, 3.05) is 7.05 Å². The predicted molar refractivity (Wildman–Crippen MR) is 58.5 cm³/mol. The first-order valence-electron chi connectivity index (χ1n) is 4.85. The summed E-state index contributed by atoms with van der Waals surface area (Å²) < 4.78 is 5.73. The molecule has 1 aromatic carbocycles. The van der Waals surface area contributed by atoms with Gasteiger partial charge in [-0.25, -0.2) is 0 Å². The van der Waals surface area contributed by atoms with E-state index in [-0.39, 0.29) is 0 Å². The van der Waals surface area contributed by atoms with Crippen molar-refractivity contribution in [1.29, 1.82) is 0 Å². The van der Waals surface area contributed by atoms with Gasteiger partial charge in [-0.1, -0.05) is 11.6 Å². The lowest BCUT2D eigenvalue weighted by atomic mass is 10.1. The van der Waals surface area contributed by atoms with E-state index in [1.165, 1.54) is 16.5 Å². The van der Waals surface area contributed by atoms with Crippen LogP contribution in [0.15, 0.2) is 22.6 Å². The van der Waals surface area contributed by atoms with Gasteiger partial charge in [-0.05, 0) is 38.6 Å². The second-order valence-corrected chi connectivity index (χ2v) is 3.74. The summed E-state index contributed by atoms with van der Waals surface area (Å²) in [5, 5.41) is 4.29. The van der Waals surface area contributed by atoms with Gasteiger partial charge in [0.05, 0.1) is 6.54 Å². The summed E-state index contributed by atoms with van der Waals surface area (Å²) in [6, 6.07) is 6.41. The minimum Gasteiger partial charge on any atom is -0.459 e. The number of nitrogens with one attached hydrogen (secondary N) is 1. The molecule has 0 bridgehead atoms. The van der Waals surface area contributed by atoms with Gasteiger partial charge in [0.1, 0.15) is 11.3 Å². The van der Waals surface area contributed by atoms with Crippen LogP contribution in [0.5, 0.6) is 0 Å². The van der Waals surface area contributed by atoms with Crippen molar-refractivity contribution >= 4 is 11.0 Å². The summed E-state index contributed by atoms with van der Waals surface area (Å²) in [5.41, 5.74) is 3.51. The maximum Gasteiger partial charge on any atom is 0.137 e. The van der Waals surface area contributed by atoms with E-state index in [1.54, 1.807) is 0 Å². The van der Waals surface area contributed by atoms with Crippen molar-refractivity contribution in [3.8, 4) is 0 Å². The summed E-state index contributed by atoms with van der Waals surface area (Å²) in [7, 11) is 1.92. The smallest absolute Gasteiger partial charge is 0.137 e. The van der Waals surface area contributed by atoms with E-state index in [1.807, 2.05) is 7.05 Å². The Morgan fingerprint density at radius 1 is 1.21 bits per heavy atom. The summed E-state index contributed by atoms with van der Waals surface area (Å²) in [6.45, 7) is 4.98. The molecule has 0 atom stereocenters. The highest BCUT2D eigenvalue weighted by atomic mass is 16.3. The standard InChI is InChI=1S/C12H15NO/c1-8-4-9(2)12-10(5-8)6-11(14-12)7-13-3/h4-6,13H,7H2,1-3H3. The zero-order valence-corrected chi connectivity index (χ0v) is 8.85. The molecule has 2 rings (SSSR count). The third-order valence-corrected chi connectivity index (χ3v) is 2.35. The third-order valence-electron chi connectivity index (χ3n) is 2.35. The molecule has 0 aliphatic heterocycles. The van der Waals surface area contributed by atoms with E-state index in [0.717, 1.165) is 17.9 Å². The molecule has 1 heterocycles. The molecule has 0 spiro atoms. The Bertz CT molecular complexity index is 457. The molecule has 0 amide bonds. The summed E-state index contributed by atoms with van der Waals surface area (Å²) in [6.07, 6.45) is 0. The van der Waals surface area contributed by atoms with Crippen molar-refractivity contribution in [3.05, 3.63) is 35.1 Å². The summed E-state index contributed by atoms with van der Waals surface area (Å²) in [4.78, 5) is 0. The molecule has 0 unspecified atom stereocenters. The molecule has 0 saturated carbocycles. The second kappa shape index (κ2) is 3.46. The molecular weight excluding hydrogens is 174 g/mol. The number of furan rings is 1. The summed E-state index contributed by atoms with van der Waals surface area (Å²) in [5.74, 6) is 0.996. The molecule has 0 fully saturated rings. The molecule has 14 heavy (non-hydrogen) atoms. The van der Waals surface area contributed by atoms with Crippen LogP contribution in [0.2, 0.25) is 0 Å². The molecule has 2 heteroatoms. The lowest BCUT2D eigenvalue weighted by Gasteiger charge is -1.96. The number of benzene rings is 1. The van der Waals surface area contributed by atoms with Crippen LogP contribution in [0, 0.1) is 13.8 Å². The molecule has 74 valence electrons. The first-order valence-corrected chi connectivity index (χ1v) is 4.85. The normalized spacial score (nSPS) is 11.1. The van der Waals surface area contributed by atoms with Gasteiger partial charge in [-0.15, -0.1) is 0 Å². The molecule has 0 radical (unpaired) electrons. The van der Waals surface area contributed by atoms with Gasteiger partial charge in [0, 0.05) is 5.39 Å². The van der Waals surface area contributed by atoms with Gasteiger partial charge >= 0.3 is 0 Å². The number of fused-ring (bicyclic) bond motifs is 1. The Balaban J connectivity index is 2.58. The lowest BCUT2D eigenvalue weighted by Crippen LogP contribution is -2.03. The van der Waals surface area contributed by atoms with Crippen LogP contribution in [0.25, 0.3) is 11.0 Å². The molecule has 0 aliphatic carbocycles. The van der Waals surface area contributed by atoms with Crippen molar-refractivity contribution in [2.24, 2.45) is 0 Å². The topological polar surface area (TPSA) is 25.2 Å². The quantitative estimate of drug-likeness (QED) is 0.785. The van der Waals surface area contributed by atoms with Crippen molar-refractivity contribution in [2.45, 2.75) is 20.4 Å². The average molecular weight is 189 g/mol. The molecule has 2 aromatic rings. The molecule has 0 aliphatic rings. The van der Waals surface area contributed by atoms with Crippen LogP contribution in [0.4, 0.5) is 0 Å². The van der Waals surface area contributed by atoms with Crippen LogP contribution < -0.4 is 5.32 Å². The molecule has 0 saturated heterocycles. The van der Waals surface area contributed by atoms with E-state index >= 15 is 0 Å². The van der Waals surface area contributed by atoms with Crippen molar-refractivity contribution < 1.29 is 4.42 Å². The lowest BCUT2D eigenvalue weighted by molar-refractivity contribution is 0.529. The highest BCUT2D eigenvalue weighted by molar-refractivity contribution is 5.81. The van der Waals surface area contributed by atoms with E-state index in [0.29, 0.717) is 0 Å². The van der Waals surface area contributed by atoms with Crippen LogP contribution >= 0.6 is 0 Å². The molecule has 1 N–H and O–H groups in total. The largest absolute Gasteiger partial charge is 0.459 e. The molecule has 2 nitrogen and oxygen atoms in total. The molecular formula is C12H15NO. The Morgan fingerprint density at radius 2 is 2.00 bits per heavy atom. The number of rotatable bonds is 2. The maximum atomic E-state index is 5.73. The Morgan fingerprint density at radius 3 is 2.71 bits per heavy atom. The maximum absolute atomic E-state index is 5.73. The van der Waals surface area contributed by atoms with Gasteiger partial charge in [0.15, 0.2) is 0 Å². The van der Waals surface area contributed by atoms with Crippen molar-refractivity contribution in [3.63, 3.8) is 0 Å². The number of aryl methyl sites for hydroxylation is 2. The average Bonchev–Trinajstić information content (AvgIpc) is 2.48. The van der Waals surface area contributed by atoms with Gasteiger partial charge in [-0.3, -0.25) is 0 Å². The van der Waals surface area contributed by atoms with Gasteiger partial charge in [-0.2, -0.15) is 0 Å². The van der Waals surface area contributed by atoms with Gasteiger partial charge in [0.2, 0.25) is 0 Å². The van der Waals surface area contributed by atoms with Gasteiger partial charge in [0.25, 0.3) is 0 Å². The highest BCUT2D eigenvalue weighted by Gasteiger charge is 2.05. The minimum atomic E-state index is 0.785. The second-order valence-electron chi connectivity index (χ2n) is 3.74. The highest BCUT2D eigenvalue weighted by Crippen LogP contribution is 2.24. The fourth-order valence-electron chi connectivity index (χ4n) is 1.83. The fraction of sp³-hybridized carbons (Fsp3) is 0.333. The van der Waals surface area contributed by atoms with Gasteiger partial charge < -0.3 is 9.73 Å². The Hall–Kier alpha value is -1.28. The summed E-state index contributed by atoms with van der Waals surface area (Å²) >= 11 is 0. The van der Waals surface area contributed by atoms with Crippen LogP contribution in [-0.4, -0.2) is 7.05 Å². The Labute approximate surface area is 83.9 Å². The molecule has 1 aromatic heterocycles. The number of hydrogen-bond acceptors (Lipinski definition) is 2. The fourth-order valence-corrected chi connectivity index (χ4v) is 1.83. The Kier molecular flexibility index (Phi) is 2.30. The predicted octanol–water partition coefficient (Wildman–Crippen LogP) is 2.77. The zero-order valence-electron chi connectivity index (χ0n) is 8.85. The SMILES string of the molecule is CNCc1cc2cc(C)cc(C)c2o1. The van der Waals surface area contributed by atoms with Crippen LogP contribution in [0.3, 0.4) is 0 Å². The van der Waals surface area contributed by atoms with Crippen LogP contribution in [-0.2, 0) is 6.54 Å². The van der Waals surface area contributed by atoms with E-state index < -0.39 is 0 Å². The monoisotopic (exact) mass is 189 g/mol. The zero-order chi connectivity index (χ0) is 10.1. The minimum absolute atomic E-state index is 0.785. The number of hydrogen-bond donors (Lipinski definition) is 1. The first kappa shape index (κ1) is 9.28. The van der Waals surface area contributed by atoms with E-state index in [9.17, 15) is 0 Å². The van der Waals surface area contributed by atoms with E-state index in [2.05, 4.69) is 37.4 Å². The first-order chi connectivity index (χ1) is 6.70. The van der Waals surface area contributed by atoms with Crippen molar-refractivity contribution in [1.82, 2.24) is 5.32 Å². The van der Waals surface area contributed by atoms with E-state index in [4.69, 9.17) is 4.42 Å².